The first-order valence-corrected chi connectivity index (χ1v) is 7.05. The van der Waals surface area contributed by atoms with Gasteiger partial charge in [0.1, 0.15) is 0 Å². The third kappa shape index (κ3) is 4.56. The highest BCUT2D eigenvalue weighted by Crippen LogP contribution is 2.23. The van der Waals surface area contributed by atoms with Crippen LogP contribution in [0.4, 0.5) is 0 Å². The van der Waals surface area contributed by atoms with Crippen molar-refractivity contribution in [1.82, 2.24) is 14.8 Å². The minimum Gasteiger partial charge on any atom is -0.396 e. The Morgan fingerprint density at radius 2 is 2.11 bits per heavy atom. The largest absolute Gasteiger partial charge is 0.396 e. The van der Waals surface area contributed by atoms with Crippen molar-refractivity contribution in [3.63, 3.8) is 0 Å². The van der Waals surface area contributed by atoms with Gasteiger partial charge in [-0.3, -0.25) is 9.88 Å². The van der Waals surface area contributed by atoms with Gasteiger partial charge in [0.25, 0.3) is 0 Å². The molecule has 1 saturated heterocycles. The lowest BCUT2D eigenvalue weighted by molar-refractivity contribution is 0.0685. The predicted octanol–water partition coefficient (Wildman–Crippen LogP) is 1.07. The zero-order chi connectivity index (χ0) is 13.7. The van der Waals surface area contributed by atoms with Crippen molar-refractivity contribution in [2.75, 3.05) is 40.3 Å². The molecular weight excluding hydrogens is 238 g/mol. The second kappa shape index (κ2) is 6.98. The van der Waals surface area contributed by atoms with E-state index < -0.39 is 0 Å². The third-order valence-electron chi connectivity index (χ3n) is 3.69. The number of aromatic nitrogens is 1. The average Bonchev–Trinajstić information content (AvgIpc) is 2.38. The lowest BCUT2D eigenvalue weighted by atomic mass is 9.89. The van der Waals surface area contributed by atoms with Crippen LogP contribution in [0.3, 0.4) is 0 Å². The van der Waals surface area contributed by atoms with Crippen LogP contribution in [0.5, 0.6) is 0 Å². The number of rotatable bonds is 5. The number of pyridine rings is 1. The van der Waals surface area contributed by atoms with Gasteiger partial charge in [-0.15, -0.1) is 0 Å². The lowest BCUT2D eigenvalue weighted by Gasteiger charge is -2.38. The summed E-state index contributed by atoms with van der Waals surface area (Å²) < 4.78 is 0. The molecule has 1 fully saturated rings. The summed E-state index contributed by atoms with van der Waals surface area (Å²) in [6, 6.07) is 6.06. The molecule has 19 heavy (non-hydrogen) atoms. The first-order chi connectivity index (χ1) is 9.17. The van der Waals surface area contributed by atoms with Gasteiger partial charge in [0, 0.05) is 39.0 Å². The molecule has 4 nitrogen and oxygen atoms in total. The lowest BCUT2D eigenvalue weighted by Crippen LogP contribution is -2.44. The molecule has 4 heteroatoms. The van der Waals surface area contributed by atoms with Crippen LogP contribution in [0.1, 0.15) is 12.1 Å². The predicted molar refractivity (Wildman–Crippen MR) is 76.8 cm³/mol. The van der Waals surface area contributed by atoms with Gasteiger partial charge in [-0.25, -0.2) is 0 Å². The maximum atomic E-state index is 9.47. The van der Waals surface area contributed by atoms with E-state index in [1.165, 1.54) is 0 Å². The summed E-state index contributed by atoms with van der Waals surface area (Å²) in [5.41, 5.74) is 1.12. The molecule has 0 radical (unpaired) electrons. The van der Waals surface area contributed by atoms with Gasteiger partial charge >= 0.3 is 0 Å². The molecule has 1 N–H and O–H groups in total. The van der Waals surface area contributed by atoms with Crippen LogP contribution in [0.15, 0.2) is 24.4 Å². The Labute approximate surface area is 116 Å². The van der Waals surface area contributed by atoms with Crippen molar-refractivity contribution < 1.29 is 5.11 Å². The van der Waals surface area contributed by atoms with Crippen LogP contribution >= 0.6 is 0 Å². The van der Waals surface area contributed by atoms with Crippen molar-refractivity contribution in [3.8, 4) is 0 Å². The Kier molecular flexibility index (Phi) is 5.31. The van der Waals surface area contributed by atoms with Crippen LogP contribution in [-0.4, -0.2) is 60.2 Å². The van der Waals surface area contributed by atoms with Gasteiger partial charge < -0.3 is 10.0 Å². The van der Waals surface area contributed by atoms with Crippen molar-refractivity contribution in [3.05, 3.63) is 30.1 Å². The first kappa shape index (κ1) is 14.4. The van der Waals surface area contributed by atoms with E-state index in [0.29, 0.717) is 18.4 Å². The van der Waals surface area contributed by atoms with E-state index in [2.05, 4.69) is 34.9 Å². The van der Waals surface area contributed by atoms with Crippen LogP contribution < -0.4 is 0 Å². The monoisotopic (exact) mass is 263 g/mol. The molecule has 1 aliphatic rings. The highest BCUT2D eigenvalue weighted by Gasteiger charge is 2.27. The summed E-state index contributed by atoms with van der Waals surface area (Å²) in [6.07, 6.45) is 2.98. The van der Waals surface area contributed by atoms with Crippen LogP contribution in [-0.2, 0) is 6.54 Å². The smallest absolute Gasteiger partial charge is 0.0543 e. The zero-order valence-corrected chi connectivity index (χ0v) is 12.0. The van der Waals surface area contributed by atoms with E-state index in [4.69, 9.17) is 0 Å². The Morgan fingerprint density at radius 3 is 2.74 bits per heavy atom. The molecule has 106 valence electrons. The molecule has 1 aliphatic heterocycles. The summed E-state index contributed by atoms with van der Waals surface area (Å²) in [5, 5.41) is 9.47. The maximum Gasteiger partial charge on any atom is 0.0543 e. The molecule has 2 unspecified atom stereocenters. The van der Waals surface area contributed by atoms with Crippen LogP contribution in [0, 0.1) is 11.8 Å². The third-order valence-corrected chi connectivity index (χ3v) is 3.69. The quantitative estimate of drug-likeness (QED) is 0.863. The number of aliphatic hydroxyl groups is 1. The molecular formula is C15H25N3O. The molecule has 0 amide bonds. The highest BCUT2D eigenvalue weighted by molar-refractivity contribution is 5.03. The minimum absolute atomic E-state index is 0.294. The van der Waals surface area contributed by atoms with Gasteiger partial charge in [0.2, 0.25) is 0 Å². The standard InChI is InChI=1S/C15H25N3O/c1-17(2)8-13-7-14(12-19)10-18(9-13)11-15-5-3-4-6-16-15/h3-6,13-14,19H,7-12H2,1-2H3. The Balaban J connectivity index is 1.95. The van der Waals surface area contributed by atoms with Crippen LogP contribution in [0.2, 0.25) is 0 Å². The van der Waals surface area contributed by atoms with Crippen molar-refractivity contribution >= 4 is 0 Å². The van der Waals surface area contributed by atoms with Crippen LogP contribution in [0.25, 0.3) is 0 Å². The van der Waals surface area contributed by atoms with Gasteiger partial charge in [0.05, 0.1) is 5.69 Å². The van der Waals surface area contributed by atoms with E-state index in [-0.39, 0.29) is 0 Å². The van der Waals surface area contributed by atoms with E-state index in [1.54, 1.807) is 0 Å². The number of nitrogens with zero attached hydrogens (tertiary/aromatic N) is 3. The second-order valence-electron chi connectivity index (χ2n) is 5.93. The molecule has 1 aromatic heterocycles. The minimum atomic E-state index is 0.294. The van der Waals surface area contributed by atoms with Crippen molar-refractivity contribution in [1.29, 1.82) is 0 Å². The van der Waals surface area contributed by atoms with Gasteiger partial charge in [-0.2, -0.15) is 0 Å². The summed E-state index contributed by atoms with van der Waals surface area (Å²) >= 11 is 0. The van der Waals surface area contributed by atoms with E-state index in [0.717, 1.165) is 38.3 Å². The van der Waals surface area contributed by atoms with Crippen molar-refractivity contribution in [2.45, 2.75) is 13.0 Å². The van der Waals surface area contributed by atoms with Crippen molar-refractivity contribution in [2.24, 2.45) is 11.8 Å². The number of hydrogen-bond donors (Lipinski definition) is 1. The fourth-order valence-corrected chi connectivity index (χ4v) is 3.06. The maximum absolute atomic E-state index is 9.47. The molecule has 0 bridgehead atoms. The molecule has 0 aliphatic carbocycles. The summed E-state index contributed by atoms with van der Waals surface area (Å²) in [4.78, 5) is 9.07. The van der Waals surface area contributed by atoms with Gasteiger partial charge in [-0.1, -0.05) is 6.07 Å². The number of hydrogen-bond acceptors (Lipinski definition) is 4. The van der Waals surface area contributed by atoms with Gasteiger partial charge in [-0.05, 0) is 44.5 Å². The fourth-order valence-electron chi connectivity index (χ4n) is 3.06. The Hall–Kier alpha value is -0.970. The Bertz CT molecular complexity index is 369. The molecule has 1 aromatic rings. The Morgan fingerprint density at radius 1 is 1.32 bits per heavy atom. The number of likely N-dealkylation sites (tertiary alicyclic amines) is 1. The average molecular weight is 263 g/mol. The van der Waals surface area contributed by atoms with Gasteiger partial charge in [0.15, 0.2) is 0 Å². The summed E-state index contributed by atoms with van der Waals surface area (Å²) in [6.45, 7) is 4.36. The second-order valence-corrected chi connectivity index (χ2v) is 5.93. The SMILES string of the molecule is CN(C)CC1CC(CO)CN(Cc2ccccn2)C1. The molecule has 0 saturated carbocycles. The molecule has 0 spiro atoms. The normalized spacial score (nSPS) is 24.8. The highest BCUT2D eigenvalue weighted by atomic mass is 16.3. The van der Waals surface area contributed by atoms with E-state index in [1.807, 2.05) is 18.3 Å². The number of aliphatic hydroxyl groups excluding tert-OH is 1. The topological polar surface area (TPSA) is 39.6 Å². The molecule has 2 atom stereocenters. The zero-order valence-electron chi connectivity index (χ0n) is 12.0. The molecule has 2 rings (SSSR count). The summed E-state index contributed by atoms with van der Waals surface area (Å²) in [5.74, 6) is 1.05. The molecule has 0 aromatic carbocycles. The molecule has 2 heterocycles. The van der Waals surface area contributed by atoms with E-state index in [9.17, 15) is 5.11 Å². The number of piperidine rings is 1. The summed E-state index contributed by atoms with van der Waals surface area (Å²) in [7, 11) is 4.23. The fraction of sp³-hybridized carbons (Fsp3) is 0.667. The first-order valence-electron chi connectivity index (χ1n) is 7.05. The van der Waals surface area contributed by atoms with E-state index >= 15 is 0 Å².